The van der Waals surface area contributed by atoms with Crippen LogP contribution in [0.5, 0.6) is 0 Å². The van der Waals surface area contributed by atoms with Gasteiger partial charge in [-0.3, -0.25) is 0 Å². The van der Waals surface area contributed by atoms with Crippen LogP contribution in [0.1, 0.15) is 13.3 Å². The van der Waals surface area contributed by atoms with Crippen molar-refractivity contribution in [2.24, 2.45) is 0 Å². The van der Waals surface area contributed by atoms with Crippen LogP contribution in [0.4, 0.5) is 0 Å². The smallest absolute Gasteiger partial charge is 0.102 e. The van der Waals surface area contributed by atoms with Crippen LogP contribution in [0.25, 0.3) is 0 Å². The second kappa shape index (κ2) is 3.32. The predicted octanol–water partition coefficient (Wildman–Crippen LogP) is -0.680. The van der Waals surface area contributed by atoms with Crippen molar-refractivity contribution in [1.82, 2.24) is 10.6 Å². The molecular weight excluding hydrogens is 128 g/mol. The normalized spacial score (nSPS) is 22.2. The Morgan fingerprint density at radius 1 is 1.60 bits per heavy atom. The van der Waals surface area contributed by atoms with Crippen LogP contribution in [-0.2, 0) is 0 Å². The topological polar surface area (TPSA) is 44.3 Å². The highest BCUT2D eigenvalue weighted by Crippen LogP contribution is 2.07. The minimum absolute atomic E-state index is 0.449. The van der Waals surface area contributed by atoms with Gasteiger partial charge in [-0.1, -0.05) is 6.92 Å². The maximum absolute atomic E-state index is 9.51. The zero-order chi connectivity index (χ0) is 7.45. The van der Waals surface area contributed by atoms with E-state index in [1.54, 1.807) is 0 Å². The second-order valence-electron chi connectivity index (χ2n) is 3.00. The molecule has 1 heterocycles. The molecule has 0 aromatic heterocycles. The number of hydrogen-bond acceptors (Lipinski definition) is 3. The Bertz CT molecular complexity index is 102. The Labute approximate surface area is 61.8 Å². The lowest BCUT2D eigenvalue weighted by Crippen LogP contribution is -2.64. The van der Waals surface area contributed by atoms with Crippen LogP contribution < -0.4 is 10.6 Å². The molecule has 1 fully saturated rings. The summed E-state index contributed by atoms with van der Waals surface area (Å²) in [7, 11) is 0. The first-order valence-corrected chi connectivity index (χ1v) is 3.91. The van der Waals surface area contributed by atoms with Crippen molar-refractivity contribution in [3.05, 3.63) is 0 Å². The van der Waals surface area contributed by atoms with Crippen LogP contribution in [0.3, 0.4) is 0 Å². The Hall–Kier alpha value is -0.120. The fourth-order valence-corrected chi connectivity index (χ4v) is 1.04. The van der Waals surface area contributed by atoms with Gasteiger partial charge in [0.2, 0.25) is 0 Å². The predicted molar refractivity (Wildman–Crippen MR) is 41.0 cm³/mol. The van der Waals surface area contributed by atoms with Gasteiger partial charge in [0, 0.05) is 19.6 Å². The first kappa shape index (κ1) is 7.98. The molecule has 0 unspecified atom stereocenters. The van der Waals surface area contributed by atoms with Gasteiger partial charge in [-0.15, -0.1) is 0 Å². The molecule has 0 saturated carbocycles. The van der Waals surface area contributed by atoms with Crippen molar-refractivity contribution in [2.75, 3.05) is 26.2 Å². The van der Waals surface area contributed by atoms with Gasteiger partial charge >= 0.3 is 0 Å². The maximum Gasteiger partial charge on any atom is 0.102 e. The largest absolute Gasteiger partial charge is 0.386 e. The summed E-state index contributed by atoms with van der Waals surface area (Å²) in [4.78, 5) is 0. The van der Waals surface area contributed by atoms with E-state index in [0.29, 0.717) is 0 Å². The standard InChI is InChI=1S/C7H16N2O/c1-2-3-8-4-7(10)5-9-6-7/h8-10H,2-6H2,1H3. The van der Waals surface area contributed by atoms with Crippen molar-refractivity contribution >= 4 is 0 Å². The lowest BCUT2D eigenvalue weighted by Gasteiger charge is -2.37. The van der Waals surface area contributed by atoms with Crippen molar-refractivity contribution in [3.63, 3.8) is 0 Å². The molecule has 0 radical (unpaired) electrons. The van der Waals surface area contributed by atoms with Gasteiger partial charge < -0.3 is 15.7 Å². The second-order valence-corrected chi connectivity index (χ2v) is 3.00. The molecule has 1 aliphatic rings. The van der Waals surface area contributed by atoms with Crippen LogP contribution >= 0.6 is 0 Å². The van der Waals surface area contributed by atoms with Crippen LogP contribution in [0.15, 0.2) is 0 Å². The number of nitrogens with one attached hydrogen (secondary N) is 2. The monoisotopic (exact) mass is 144 g/mol. The molecule has 0 aliphatic carbocycles. The average Bonchev–Trinajstić information content (AvgIpc) is 1.85. The van der Waals surface area contributed by atoms with E-state index in [0.717, 1.165) is 32.6 Å². The number of β-amino-alcohol motifs (C(OH)–C–C–N with tert-alkyl or cyclic N) is 1. The molecule has 0 atom stereocenters. The SMILES string of the molecule is CCCNCC1(O)CNC1. The maximum atomic E-state index is 9.51. The van der Waals surface area contributed by atoms with Gasteiger partial charge in [-0.05, 0) is 13.0 Å². The fraction of sp³-hybridized carbons (Fsp3) is 1.00. The molecule has 3 nitrogen and oxygen atoms in total. The molecule has 1 rings (SSSR count). The number of hydrogen-bond donors (Lipinski definition) is 3. The molecular formula is C7H16N2O. The van der Waals surface area contributed by atoms with Gasteiger partial charge in [0.05, 0.1) is 0 Å². The van der Waals surface area contributed by atoms with Gasteiger partial charge in [0.25, 0.3) is 0 Å². The number of aliphatic hydroxyl groups is 1. The van der Waals surface area contributed by atoms with Crippen LogP contribution in [-0.4, -0.2) is 36.9 Å². The molecule has 60 valence electrons. The summed E-state index contributed by atoms with van der Waals surface area (Å²) >= 11 is 0. The van der Waals surface area contributed by atoms with E-state index in [1.807, 2.05) is 0 Å². The van der Waals surface area contributed by atoms with E-state index >= 15 is 0 Å². The van der Waals surface area contributed by atoms with E-state index in [2.05, 4.69) is 17.6 Å². The quantitative estimate of drug-likeness (QED) is 0.458. The van der Waals surface area contributed by atoms with Gasteiger partial charge in [-0.25, -0.2) is 0 Å². The molecule has 0 amide bonds. The highest BCUT2D eigenvalue weighted by Gasteiger charge is 2.33. The number of rotatable bonds is 4. The summed E-state index contributed by atoms with van der Waals surface area (Å²) in [6, 6.07) is 0. The highest BCUT2D eigenvalue weighted by atomic mass is 16.3. The molecule has 0 aromatic rings. The van der Waals surface area contributed by atoms with Crippen LogP contribution in [0.2, 0.25) is 0 Å². The Balaban J connectivity index is 2.01. The zero-order valence-corrected chi connectivity index (χ0v) is 6.48. The summed E-state index contributed by atoms with van der Waals surface area (Å²) in [6.07, 6.45) is 1.13. The Morgan fingerprint density at radius 3 is 2.70 bits per heavy atom. The first-order valence-electron chi connectivity index (χ1n) is 3.91. The summed E-state index contributed by atoms with van der Waals surface area (Å²) in [6.45, 7) is 5.33. The van der Waals surface area contributed by atoms with Gasteiger partial charge in [0.15, 0.2) is 0 Å². The van der Waals surface area contributed by atoms with E-state index in [1.165, 1.54) is 0 Å². The van der Waals surface area contributed by atoms with Gasteiger partial charge in [0.1, 0.15) is 5.60 Å². The third kappa shape index (κ3) is 1.94. The van der Waals surface area contributed by atoms with Crippen molar-refractivity contribution in [2.45, 2.75) is 18.9 Å². The Morgan fingerprint density at radius 2 is 2.30 bits per heavy atom. The lowest BCUT2D eigenvalue weighted by molar-refractivity contribution is -0.00814. The van der Waals surface area contributed by atoms with Gasteiger partial charge in [-0.2, -0.15) is 0 Å². The first-order chi connectivity index (χ1) is 4.77. The Kier molecular flexibility index (Phi) is 2.65. The third-order valence-electron chi connectivity index (χ3n) is 1.79. The molecule has 3 heteroatoms. The minimum atomic E-state index is -0.449. The minimum Gasteiger partial charge on any atom is -0.386 e. The summed E-state index contributed by atoms with van der Waals surface area (Å²) in [5.74, 6) is 0. The van der Waals surface area contributed by atoms with E-state index in [9.17, 15) is 5.11 Å². The molecule has 3 N–H and O–H groups in total. The van der Waals surface area contributed by atoms with Crippen molar-refractivity contribution in [3.8, 4) is 0 Å². The third-order valence-corrected chi connectivity index (χ3v) is 1.79. The molecule has 1 aliphatic heterocycles. The van der Waals surface area contributed by atoms with Crippen LogP contribution in [0, 0.1) is 0 Å². The molecule has 0 bridgehead atoms. The summed E-state index contributed by atoms with van der Waals surface area (Å²) in [5, 5.41) is 15.7. The highest BCUT2D eigenvalue weighted by molar-refractivity contribution is 4.94. The van der Waals surface area contributed by atoms with E-state index in [4.69, 9.17) is 0 Å². The lowest BCUT2D eigenvalue weighted by atomic mass is 9.97. The van der Waals surface area contributed by atoms with E-state index < -0.39 is 5.60 Å². The van der Waals surface area contributed by atoms with Crippen molar-refractivity contribution < 1.29 is 5.11 Å². The summed E-state index contributed by atoms with van der Waals surface area (Å²) in [5.41, 5.74) is -0.449. The fourth-order valence-electron chi connectivity index (χ4n) is 1.04. The summed E-state index contributed by atoms with van der Waals surface area (Å²) < 4.78 is 0. The molecule has 1 saturated heterocycles. The molecule has 0 spiro atoms. The van der Waals surface area contributed by atoms with Crippen molar-refractivity contribution in [1.29, 1.82) is 0 Å². The zero-order valence-electron chi connectivity index (χ0n) is 6.48. The molecule has 0 aromatic carbocycles. The molecule has 10 heavy (non-hydrogen) atoms. The van der Waals surface area contributed by atoms with E-state index in [-0.39, 0.29) is 0 Å². The average molecular weight is 144 g/mol.